The number of alkyl halides is 3. The zero-order chi connectivity index (χ0) is 17.8. The first-order chi connectivity index (χ1) is 11.4. The van der Waals surface area contributed by atoms with Gasteiger partial charge in [0.1, 0.15) is 0 Å². The van der Waals surface area contributed by atoms with E-state index < -0.39 is 12.8 Å². The minimum atomic E-state index is -4.37. The number of hydrogen-bond acceptors (Lipinski definition) is 4. The van der Waals surface area contributed by atoms with Crippen LogP contribution < -0.4 is 15.4 Å². The molecule has 0 spiro atoms. The van der Waals surface area contributed by atoms with Gasteiger partial charge in [0.25, 0.3) is 0 Å². The molecule has 0 aromatic carbocycles. The third kappa shape index (κ3) is 9.49. The van der Waals surface area contributed by atoms with Crippen molar-refractivity contribution in [1.82, 2.24) is 15.6 Å². The van der Waals surface area contributed by atoms with Crippen molar-refractivity contribution in [3.8, 4) is 5.88 Å². The second kappa shape index (κ2) is 11.0. The number of halogens is 3. The number of thioether (sulfide) groups is 1. The quantitative estimate of drug-likeness (QED) is 0.401. The lowest BCUT2D eigenvalue weighted by molar-refractivity contribution is -0.154. The van der Waals surface area contributed by atoms with E-state index >= 15 is 0 Å². The molecule has 0 aliphatic carbocycles. The molecule has 0 aliphatic heterocycles. The fourth-order valence-corrected chi connectivity index (χ4v) is 2.23. The highest BCUT2D eigenvalue weighted by atomic mass is 32.2. The Hall–Kier alpha value is -1.64. The molecule has 0 saturated carbocycles. The summed E-state index contributed by atoms with van der Waals surface area (Å²) in [5.74, 6) is 1.77. The van der Waals surface area contributed by atoms with Crippen molar-refractivity contribution < 1.29 is 17.9 Å². The highest BCUT2D eigenvalue weighted by molar-refractivity contribution is 7.98. The Kier molecular flexibility index (Phi) is 9.36. The van der Waals surface area contributed by atoms with Crippen LogP contribution in [0.4, 0.5) is 13.2 Å². The van der Waals surface area contributed by atoms with Crippen molar-refractivity contribution in [2.75, 3.05) is 32.2 Å². The van der Waals surface area contributed by atoms with Crippen molar-refractivity contribution in [3.05, 3.63) is 23.9 Å². The molecule has 1 heterocycles. The van der Waals surface area contributed by atoms with Crippen molar-refractivity contribution in [2.24, 2.45) is 4.99 Å². The summed E-state index contributed by atoms with van der Waals surface area (Å²) in [6.45, 7) is -0.0373. The van der Waals surface area contributed by atoms with Crippen LogP contribution >= 0.6 is 11.8 Å². The number of nitrogens with one attached hydrogen (secondary N) is 2. The van der Waals surface area contributed by atoms with Crippen molar-refractivity contribution >= 4 is 17.7 Å². The SMILES string of the molecule is CN=C(NCCCCSC)NCc1ccc(OCC(F)(F)F)nc1. The summed E-state index contributed by atoms with van der Waals surface area (Å²) < 4.78 is 40.7. The lowest BCUT2D eigenvalue weighted by atomic mass is 10.3. The summed E-state index contributed by atoms with van der Waals surface area (Å²) in [6.07, 6.45) is 1.41. The Bertz CT molecular complexity index is 494. The highest BCUT2D eigenvalue weighted by Crippen LogP contribution is 2.16. The van der Waals surface area contributed by atoms with Crippen LogP contribution in [0.15, 0.2) is 23.3 Å². The van der Waals surface area contributed by atoms with Crippen LogP contribution in [-0.4, -0.2) is 49.3 Å². The van der Waals surface area contributed by atoms with E-state index in [2.05, 4.69) is 31.6 Å². The normalized spacial score (nSPS) is 12.1. The Morgan fingerprint density at radius 1 is 1.29 bits per heavy atom. The number of aromatic nitrogens is 1. The van der Waals surface area contributed by atoms with Gasteiger partial charge in [0, 0.05) is 32.4 Å². The van der Waals surface area contributed by atoms with Crippen molar-refractivity contribution in [2.45, 2.75) is 25.6 Å². The van der Waals surface area contributed by atoms with Crippen LogP contribution in [0.2, 0.25) is 0 Å². The van der Waals surface area contributed by atoms with Gasteiger partial charge >= 0.3 is 6.18 Å². The molecule has 0 saturated heterocycles. The van der Waals surface area contributed by atoms with Gasteiger partial charge in [-0.3, -0.25) is 4.99 Å². The highest BCUT2D eigenvalue weighted by Gasteiger charge is 2.28. The van der Waals surface area contributed by atoms with E-state index in [1.54, 1.807) is 13.1 Å². The summed E-state index contributed by atoms with van der Waals surface area (Å²) in [7, 11) is 1.68. The maximum absolute atomic E-state index is 12.1. The first-order valence-electron chi connectivity index (χ1n) is 7.52. The summed E-state index contributed by atoms with van der Waals surface area (Å²) in [5, 5.41) is 6.33. The van der Waals surface area contributed by atoms with Crippen LogP contribution in [0.5, 0.6) is 5.88 Å². The van der Waals surface area contributed by atoms with Crippen molar-refractivity contribution in [3.63, 3.8) is 0 Å². The van der Waals surface area contributed by atoms with Gasteiger partial charge in [0.2, 0.25) is 5.88 Å². The number of guanidine groups is 1. The molecular formula is C15H23F3N4OS. The minimum absolute atomic E-state index is 0.0487. The van der Waals surface area contributed by atoms with Gasteiger partial charge in [0.05, 0.1) is 0 Å². The molecule has 0 radical (unpaired) electrons. The topological polar surface area (TPSA) is 58.5 Å². The lowest BCUT2D eigenvalue weighted by Gasteiger charge is -2.12. The van der Waals surface area contributed by atoms with E-state index in [4.69, 9.17) is 0 Å². The standard InChI is InChI=1S/C15H23F3N4OS/c1-19-14(20-7-3-4-8-24-2)22-10-12-5-6-13(21-9-12)23-11-15(16,17)18/h5-6,9H,3-4,7-8,10-11H2,1-2H3,(H2,19,20,22). The van der Waals surface area contributed by atoms with Gasteiger partial charge in [0.15, 0.2) is 12.6 Å². The molecule has 9 heteroatoms. The third-order valence-corrected chi connectivity index (χ3v) is 3.63. The number of ether oxygens (including phenoxy) is 1. The molecule has 5 nitrogen and oxygen atoms in total. The smallest absolute Gasteiger partial charge is 0.422 e. The van der Waals surface area contributed by atoms with Crippen LogP contribution in [0, 0.1) is 0 Å². The average molecular weight is 364 g/mol. The summed E-state index contributed by atoms with van der Waals surface area (Å²) in [6, 6.07) is 3.08. The van der Waals surface area contributed by atoms with E-state index in [-0.39, 0.29) is 5.88 Å². The first kappa shape index (κ1) is 20.4. The monoisotopic (exact) mass is 364 g/mol. The predicted molar refractivity (Wildman–Crippen MR) is 91.6 cm³/mol. The molecule has 1 rings (SSSR count). The van der Waals surface area contributed by atoms with Gasteiger partial charge in [-0.1, -0.05) is 6.07 Å². The molecule has 2 N–H and O–H groups in total. The molecule has 136 valence electrons. The average Bonchev–Trinajstić information content (AvgIpc) is 2.56. The van der Waals surface area contributed by atoms with E-state index in [0.29, 0.717) is 12.5 Å². The number of rotatable bonds is 9. The summed E-state index contributed by atoms with van der Waals surface area (Å²) >= 11 is 1.83. The zero-order valence-corrected chi connectivity index (χ0v) is 14.6. The number of nitrogens with zero attached hydrogens (tertiary/aromatic N) is 2. The number of hydrogen-bond donors (Lipinski definition) is 2. The van der Waals surface area contributed by atoms with E-state index in [1.807, 2.05) is 11.8 Å². The summed E-state index contributed by atoms with van der Waals surface area (Å²) in [5.41, 5.74) is 0.819. The fourth-order valence-electron chi connectivity index (χ4n) is 1.74. The molecule has 1 aromatic heterocycles. The van der Waals surface area contributed by atoms with Gasteiger partial charge in [-0.15, -0.1) is 0 Å². The number of aliphatic imine (C=N–C) groups is 1. The second-order valence-electron chi connectivity index (χ2n) is 4.96. The third-order valence-electron chi connectivity index (χ3n) is 2.93. The lowest BCUT2D eigenvalue weighted by Crippen LogP contribution is -2.37. The first-order valence-corrected chi connectivity index (χ1v) is 8.92. The molecular weight excluding hydrogens is 341 g/mol. The van der Waals surface area contributed by atoms with Crippen LogP contribution in [0.3, 0.4) is 0 Å². The Labute approximate surface area is 144 Å². The van der Waals surface area contributed by atoms with Crippen molar-refractivity contribution in [1.29, 1.82) is 0 Å². The van der Waals surface area contributed by atoms with Crippen LogP contribution in [0.1, 0.15) is 18.4 Å². The van der Waals surface area contributed by atoms with E-state index in [1.165, 1.54) is 12.3 Å². The number of pyridine rings is 1. The van der Waals surface area contributed by atoms with Gasteiger partial charge in [-0.25, -0.2) is 4.98 Å². The maximum atomic E-state index is 12.1. The second-order valence-corrected chi connectivity index (χ2v) is 5.95. The van der Waals surface area contributed by atoms with Crippen LogP contribution in [-0.2, 0) is 6.54 Å². The molecule has 0 amide bonds. The molecule has 0 fully saturated rings. The predicted octanol–water partition coefficient (Wildman–Crippen LogP) is 2.83. The maximum Gasteiger partial charge on any atom is 0.422 e. The molecule has 0 aliphatic rings. The van der Waals surface area contributed by atoms with Crippen LogP contribution in [0.25, 0.3) is 0 Å². The molecule has 0 bridgehead atoms. The summed E-state index contributed by atoms with van der Waals surface area (Å²) in [4.78, 5) is 7.97. The Balaban J connectivity index is 2.32. The molecule has 0 atom stereocenters. The van der Waals surface area contributed by atoms with Gasteiger partial charge < -0.3 is 15.4 Å². The Morgan fingerprint density at radius 2 is 2.08 bits per heavy atom. The minimum Gasteiger partial charge on any atom is -0.468 e. The van der Waals surface area contributed by atoms with Gasteiger partial charge in [-0.2, -0.15) is 24.9 Å². The zero-order valence-electron chi connectivity index (χ0n) is 13.8. The largest absolute Gasteiger partial charge is 0.468 e. The van der Waals surface area contributed by atoms with Gasteiger partial charge in [-0.05, 0) is 30.4 Å². The fraction of sp³-hybridized carbons (Fsp3) is 0.600. The Morgan fingerprint density at radius 3 is 2.67 bits per heavy atom. The van der Waals surface area contributed by atoms with E-state index in [0.717, 1.165) is 30.7 Å². The molecule has 1 aromatic rings. The molecule has 0 unspecified atom stereocenters. The molecule has 24 heavy (non-hydrogen) atoms. The number of unbranched alkanes of at least 4 members (excludes halogenated alkanes) is 1. The van der Waals surface area contributed by atoms with E-state index in [9.17, 15) is 13.2 Å².